The summed E-state index contributed by atoms with van der Waals surface area (Å²) in [6, 6.07) is 7.43. The zero-order valence-corrected chi connectivity index (χ0v) is 12.8. The quantitative estimate of drug-likeness (QED) is 0.839. The molecule has 0 aromatic heterocycles. The highest BCUT2D eigenvalue weighted by Crippen LogP contribution is 2.21. The topological polar surface area (TPSA) is 58.6 Å². The number of amides is 1. The normalized spacial score (nSPS) is 12.8. The summed E-state index contributed by atoms with van der Waals surface area (Å²) in [5, 5.41) is 12.1. The largest absolute Gasteiger partial charge is 0.497 e. The number of ether oxygens (including phenoxy) is 1. The van der Waals surface area contributed by atoms with Gasteiger partial charge in [-0.1, -0.05) is 32.9 Å². The maximum Gasteiger partial charge on any atom is 0.224 e. The number of benzene rings is 1. The van der Waals surface area contributed by atoms with E-state index < -0.39 is 0 Å². The molecular weight excluding hydrogens is 254 g/mol. The van der Waals surface area contributed by atoms with Crippen molar-refractivity contribution in [3.8, 4) is 5.75 Å². The molecule has 0 radical (unpaired) electrons. The fraction of sp³-hybridized carbons (Fsp3) is 0.562. The van der Waals surface area contributed by atoms with Gasteiger partial charge < -0.3 is 15.2 Å². The van der Waals surface area contributed by atoms with E-state index >= 15 is 0 Å². The summed E-state index contributed by atoms with van der Waals surface area (Å²) in [4.78, 5) is 12.1. The molecule has 4 nitrogen and oxygen atoms in total. The van der Waals surface area contributed by atoms with E-state index in [4.69, 9.17) is 9.84 Å². The van der Waals surface area contributed by atoms with E-state index in [9.17, 15) is 4.79 Å². The van der Waals surface area contributed by atoms with E-state index in [-0.39, 0.29) is 24.0 Å². The Hall–Kier alpha value is -1.55. The summed E-state index contributed by atoms with van der Waals surface area (Å²) in [6.45, 7) is 6.24. The number of hydrogen-bond acceptors (Lipinski definition) is 3. The van der Waals surface area contributed by atoms with Gasteiger partial charge >= 0.3 is 0 Å². The molecule has 1 amide bonds. The Morgan fingerprint density at radius 2 is 1.90 bits per heavy atom. The van der Waals surface area contributed by atoms with Gasteiger partial charge in [0.2, 0.25) is 5.91 Å². The van der Waals surface area contributed by atoms with Crippen LogP contribution in [0.4, 0.5) is 0 Å². The van der Waals surface area contributed by atoms with E-state index in [1.165, 1.54) is 0 Å². The number of nitrogens with one attached hydrogen (secondary N) is 1. The van der Waals surface area contributed by atoms with Gasteiger partial charge in [0, 0.05) is 12.6 Å². The molecule has 0 saturated heterocycles. The zero-order valence-electron chi connectivity index (χ0n) is 12.8. The van der Waals surface area contributed by atoms with Crippen LogP contribution in [0.3, 0.4) is 0 Å². The molecule has 0 aliphatic rings. The lowest BCUT2D eigenvalue weighted by molar-refractivity contribution is -0.122. The van der Waals surface area contributed by atoms with Gasteiger partial charge in [0.05, 0.1) is 13.5 Å². The summed E-state index contributed by atoms with van der Waals surface area (Å²) >= 11 is 0. The fourth-order valence-electron chi connectivity index (χ4n) is 2.02. The number of rotatable bonds is 6. The maximum absolute atomic E-state index is 12.1. The Balaban J connectivity index is 2.60. The highest BCUT2D eigenvalue weighted by atomic mass is 16.5. The number of hydrogen-bond donors (Lipinski definition) is 2. The lowest BCUT2D eigenvalue weighted by atomic mass is 9.85. The Labute approximate surface area is 121 Å². The molecule has 0 fully saturated rings. The second-order valence-electron chi connectivity index (χ2n) is 6.02. The molecule has 20 heavy (non-hydrogen) atoms. The Morgan fingerprint density at radius 1 is 1.30 bits per heavy atom. The van der Waals surface area contributed by atoms with E-state index in [1.54, 1.807) is 7.11 Å². The van der Waals surface area contributed by atoms with Gasteiger partial charge in [-0.25, -0.2) is 0 Å². The van der Waals surface area contributed by atoms with Crippen molar-refractivity contribution in [3.05, 3.63) is 29.8 Å². The van der Waals surface area contributed by atoms with Crippen LogP contribution in [0, 0.1) is 5.41 Å². The minimum absolute atomic E-state index is 0.0245. The van der Waals surface area contributed by atoms with E-state index in [0.717, 1.165) is 11.3 Å². The van der Waals surface area contributed by atoms with Crippen molar-refractivity contribution < 1.29 is 14.6 Å². The SMILES string of the molecule is COc1ccc(CC(=O)NC(CCO)C(C)(C)C)cc1. The van der Waals surface area contributed by atoms with E-state index in [0.29, 0.717) is 12.8 Å². The van der Waals surface area contributed by atoms with Gasteiger partial charge in [0.15, 0.2) is 0 Å². The molecule has 0 aliphatic carbocycles. The average molecular weight is 279 g/mol. The van der Waals surface area contributed by atoms with Crippen molar-refractivity contribution in [2.45, 2.75) is 39.7 Å². The molecule has 112 valence electrons. The first kappa shape index (κ1) is 16.5. The first-order valence-electron chi connectivity index (χ1n) is 6.90. The third kappa shape index (κ3) is 5.21. The molecule has 1 aromatic rings. The van der Waals surface area contributed by atoms with Crippen molar-refractivity contribution in [2.75, 3.05) is 13.7 Å². The molecule has 4 heteroatoms. The van der Waals surface area contributed by atoms with Crippen LogP contribution in [0.2, 0.25) is 0 Å². The molecule has 1 unspecified atom stereocenters. The predicted octanol–water partition coefficient (Wildman–Crippen LogP) is 2.15. The van der Waals surface area contributed by atoms with Crippen LogP contribution in [0.5, 0.6) is 5.75 Å². The molecule has 0 heterocycles. The first-order chi connectivity index (χ1) is 9.36. The van der Waals surface area contributed by atoms with Crippen LogP contribution < -0.4 is 10.1 Å². The zero-order chi connectivity index (χ0) is 15.2. The Morgan fingerprint density at radius 3 is 2.35 bits per heavy atom. The summed E-state index contributed by atoms with van der Waals surface area (Å²) in [5.41, 5.74) is 0.873. The molecule has 0 aliphatic heterocycles. The Kier molecular flexibility index (Phi) is 6.02. The summed E-state index contributed by atoms with van der Waals surface area (Å²) in [7, 11) is 1.62. The molecule has 1 rings (SSSR count). The minimum atomic E-state index is -0.0711. The van der Waals surface area contributed by atoms with Crippen molar-refractivity contribution in [1.29, 1.82) is 0 Å². The van der Waals surface area contributed by atoms with Gasteiger partial charge in [-0.15, -0.1) is 0 Å². The fourth-order valence-corrected chi connectivity index (χ4v) is 2.02. The molecule has 2 N–H and O–H groups in total. The maximum atomic E-state index is 12.1. The van der Waals surface area contributed by atoms with Crippen molar-refractivity contribution in [3.63, 3.8) is 0 Å². The number of methoxy groups -OCH3 is 1. The van der Waals surface area contributed by atoms with E-state index in [1.807, 2.05) is 24.3 Å². The van der Waals surface area contributed by atoms with E-state index in [2.05, 4.69) is 26.1 Å². The second-order valence-corrected chi connectivity index (χ2v) is 6.02. The molecule has 1 aromatic carbocycles. The molecule has 0 bridgehead atoms. The van der Waals surface area contributed by atoms with Crippen molar-refractivity contribution in [2.24, 2.45) is 5.41 Å². The van der Waals surface area contributed by atoms with Gasteiger partial charge in [-0.05, 0) is 29.5 Å². The van der Waals surface area contributed by atoms with Gasteiger partial charge in [-0.2, -0.15) is 0 Å². The van der Waals surface area contributed by atoms with Gasteiger partial charge in [0.1, 0.15) is 5.75 Å². The predicted molar refractivity (Wildman–Crippen MR) is 79.8 cm³/mol. The second kappa shape index (κ2) is 7.29. The van der Waals surface area contributed by atoms with Crippen molar-refractivity contribution in [1.82, 2.24) is 5.32 Å². The van der Waals surface area contributed by atoms with Gasteiger partial charge in [0.25, 0.3) is 0 Å². The van der Waals surface area contributed by atoms with Crippen LogP contribution in [-0.4, -0.2) is 30.8 Å². The molecule has 0 saturated carbocycles. The number of carbonyl (C=O) groups is 1. The molecule has 0 spiro atoms. The van der Waals surface area contributed by atoms with Crippen LogP contribution in [-0.2, 0) is 11.2 Å². The average Bonchev–Trinajstić information content (AvgIpc) is 2.38. The van der Waals surface area contributed by atoms with Crippen LogP contribution >= 0.6 is 0 Å². The Bertz CT molecular complexity index is 420. The van der Waals surface area contributed by atoms with Crippen molar-refractivity contribution >= 4 is 5.91 Å². The number of carbonyl (C=O) groups excluding carboxylic acids is 1. The van der Waals surface area contributed by atoms with Crippen LogP contribution in [0.1, 0.15) is 32.8 Å². The molecule has 1 atom stereocenters. The van der Waals surface area contributed by atoms with Crippen LogP contribution in [0.25, 0.3) is 0 Å². The highest BCUT2D eigenvalue weighted by molar-refractivity contribution is 5.79. The lowest BCUT2D eigenvalue weighted by Crippen LogP contribution is -2.44. The number of aliphatic hydroxyl groups is 1. The number of aliphatic hydroxyl groups excluding tert-OH is 1. The third-order valence-electron chi connectivity index (χ3n) is 3.32. The lowest BCUT2D eigenvalue weighted by Gasteiger charge is -2.31. The summed E-state index contributed by atoms with van der Waals surface area (Å²) in [5.74, 6) is 0.755. The van der Waals surface area contributed by atoms with Gasteiger partial charge in [-0.3, -0.25) is 4.79 Å². The summed E-state index contributed by atoms with van der Waals surface area (Å²) in [6.07, 6.45) is 0.903. The van der Waals surface area contributed by atoms with Crippen LogP contribution in [0.15, 0.2) is 24.3 Å². The standard InChI is InChI=1S/C16H25NO3/c1-16(2,3)14(9-10-18)17-15(19)11-12-5-7-13(20-4)8-6-12/h5-8,14,18H,9-11H2,1-4H3,(H,17,19). The highest BCUT2D eigenvalue weighted by Gasteiger charge is 2.25. The molecular formula is C16H25NO3. The third-order valence-corrected chi connectivity index (χ3v) is 3.32. The smallest absolute Gasteiger partial charge is 0.224 e. The first-order valence-corrected chi connectivity index (χ1v) is 6.90. The minimum Gasteiger partial charge on any atom is -0.497 e. The summed E-state index contributed by atoms with van der Waals surface area (Å²) < 4.78 is 5.09. The monoisotopic (exact) mass is 279 g/mol.